The van der Waals surface area contributed by atoms with E-state index in [1.807, 2.05) is 32.0 Å². The van der Waals surface area contributed by atoms with E-state index in [2.05, 4.69) is 4.72 Å². The van der Waals surface area contributed by atoms with Gasteiger partial charge >= 0.3 is 5.97 Å². The summed E-state index contributed by atoms with van der Waals surface area (Å²) in [4.78, 5) is 10.9. The largest absolute Gasteiger partial charge is 0.481 e. The van der Waals surface area contributed by atoms with Crippen molar-refractivity contribution in [1.82, 2.24) is 4.72 Å². The van der Waals surface area contributed by atoms with Crippen LogP contribution >= 0.6 is 0 Å². The molecule has 1 aliphatic rings. The molecular weight excluding hydrogens is 302 g/mol. The molecule has 6 heteroatoms. The normalized spacial score (nSPS) is 22.5. The fourth-order valence-corrected chi connectivity index (χ4v) is 4.68. The molecule has 0 atom stereocenters. The van der Waals surface area contributed by atoms with Crippen molar-refractivity contribution < 1.29 is 18.3 Å². The van der Waals surface area contributed by atoms with E-state index < -0.39 is 16.0 Å². The number of hydrogen-bond donors (Lipinski definition) is 2. The Kier molecular flexibility index (Phi) is 5.24. The zero-order valence-corrected chi connectivity index (χ0v) is 13.8. The van der Waals surface area contributed by atoms with Crippen LogP contribution in [0.15, 0.2) is 18.2 Å². The van der Waals surface area contributed by atoms with E-state index in [9.17, 15) is 13.2 Å². The van der Waals surface area contributed by atoms with Crippen molar-refractivity contribution >= 4 is 16.0 Å². The van der Waals surface area contributed by atoms with E-state index in [1.54, 1.807) is 0 Å². The van der Waals surface area contributed by atoms with E-state index in [0.717, 1.165) is 16.7 Å². The van der Waals surface area contributed by atoms with Crippen LogP contribution in [0.5, 0.6) is 0 Å². The highest BCUT2D eigenvalue weighted by Crippen LogP contribution is 2.25. The van der Waals surface area contributed by atoms with Crippen molar-refractivity contribution in [2.75, 3.05) is 0 Å². The Morgan fingerprint density at radius 2 is 1.73 bits per heavy atom. The highest BCUT2D eigenvalue weighted by molar-refractivity contribution is 7.88. The fraction of sp³-hybridized carbons (Fsp3) is 0.562. The average Bonchev–Trinajstić information content (AvgIpc) is 2.43. The van der Waals surface area contributed by atoms with Gasteiger partial charge in [0.05, 0.1) is 11.7 Å². The first kappa shape index (κ1) is 17.0. The van der Waals surface area contributed by atoms with E-state index in [0.29, 0.717) is 25.7 Å². The second kappa shape index (κ2) is 6.79. The van der Waals surface area contributed by atoms with E-state index in [1.165, 1.54) is 0 Å². The van der Waals surface area contributed by atoms with Crippen molar-refractivity contribution in [3.63, 3.8) is 0 Å². The summed E-state index contributed by atoms with van der Waals surface area (Å²) in [7, 11) is -3.41. The molecule has 5 nitrogen and oxygen atoms in total. The number of nitrogens with one attached hydrogen (secondary N) is 1. The number of benzene rings is 1. The highest BCUT2D eigenvalue weighted by Gasteiger charge is 2.28. The molecule has 0 heterocycles. The number of rotatable bonds is 5. The fourth-order valence-electron chi connectivity index (χ4n) is 3.02. The minimum atomic E-state index is -3.41. The summed E-state index contributed by atoms with van der Waals surface area (Å²) in [6.07, 6.45) is 2.24. The van der Waals surface area contributed by atoms with E-state index in [4.69, 9.17) is 5.11 Å². The van der Waals surface area contributed by atoms with Gasteiger partial charge in [-0.25, -0.2) is 13.1 Å². The molecule has 0 radical (unpaired) electrons. The maximum absolute atomic E-state index is 12.4. The van der Waals surface area contributed by atoms with Crippen LogP contribution in [0.25, 0.3) is 0 Å². The third-order valence-electron chi connectivity index (χ3n) is 4.40. The minimum absolute atomic E-state index is 0.0234. The second-order valence-corrected chi connectivity index (χ2v) is 7.89. The summed E-state index contributed by atoms with van der Waals surface area (Å²) in [6, 6.07) is 5.60. The molecule has 22 heavy (non-hydrogen) atoms. The predicted molar refractivity (Wildman–Crippen MR) is 85.1 cm³/mol. The van der Waals surface area contributed by atoms with Gasteiger partial charge < -0.3 is 5.11 Å². The standard InChI is InChI=1S/C16H23NO4S/c1-11-4-3-5-12(2)15(11)10-22(20,21)17-14-8-6-13(7-9-14)16(18)19/h3-5,13-14,17H,6-10H2,1-2H3,(H,18,19). The van der Waals surface area contributed by atoms with Gasteiger partial charge in [0.15, 0.2) is 0 Å². The molecule has 0 unspecified atom stereocenters. The molecule has 1 fully saturated rings. The molecule has 0 bridgehead atoms. The number of sulfonamides is 1. The zero-order valence-electron chi connectivity index (χ0n) is 13.0. The SMILES string of the molecule is Cc1cccc(C)c1CS(=O)(=O)NC1CCC(C(=O)O)CC1. The molecule has 1 saturated carbocycles. The molecule has 2 N–H and O–H groups in total. The number of carboxylic acid groups (broad SMARTS) is 1. The molecule has 2 rings (SSSR count). The Morgan fingerprint density at radius 1 is 1.18 bits per heavy atom. The molecular formula is C16H23NO4S. The Labute approximate surface area is 131 Å². The van der Waals surface area contributed by atoms with Crippen LogP contribution in [0.3, 0.4) is 0 Å². The topological polar surface area (TPSA) is 83.5 Å². The summed E-state index contributed by atoms with van der Waals surface area (Å²) in [5, 5.41) is 8.97. The predicted octanol–water partition coefficient (Wildman–Crippen LogP) is 2.37. The third-order valence-corrected chi connectivity index (χ3v) is 5.76. The van der Waals surface area contributed by atoms with Crippen molar-refractivity contribution in [3.05, 3.63) is 34.9 Å². The number of carbonyl (C=O) groups is 1. The van der Waals surface area contributed by atoms with Crippen molar-refractivity contribution in [2.45, 2.75) is 51.3 Å². The molecule has 0 aromatic heterocycles. The highest BCUT2D eigenvalue weighted by atomic mass is 32.2. The van der Waals surface area contributed by atoms with Gasteiger partial charge in [0.25, 0.3) is 0 Å². The monoisotopic (exact) mass is 325 g/mol. The number of aliphatic carboxylic acids is 1. The summed E-state index contributed by atoms with van der Waals surface area (Å²) in [5.74, 6) is -1.14. The maximum atomic E-state index is 12.4. The molecule has 0 saturated heterocycles. The van der Waals surface area contributed by atoms with Gasteiger partial charge in [-0.1, -0.05) is 18.2 Å². The van der Waals surface area contributed by atoms with Crippen LogP contribution in [-0.2, 0) is 20.6 Å². The molecule has 1 aromatic rings. The first-order valence-corrected chi connectivity index (χ1v) is 9.21. The van der Waals surface area contributed by atoms with Gasteiger partial charge in [0.1, 0.15) is 0 Å². The van der Waals surface area contributed by atoms with Crippen LogP contribution in [-0.4, -0.2) is 25.5 Å². The average molecular weight is 325 g/mol. The molecule has 1 aliphatic carbocycles. The third kappa shape index (κ3) is 4.30. The van der Waals surface area contributed by atoms with Gasteiger partial charge in [-0.15, -0.1) is 0 Å². The second-order valence-electron chi connectivity index (χ2n) is 6.13. The lowest BCUT2D eigenvalue weighted by atomic mass is 9.87. The lowest BCUT2D eigenvalue weighted by Gasteiger charge is -2.26. The minimum Gasteiger partial charge on any atom is -0.481 e. The molecule has 0 aliphatic heterocycles. The van der Waals surface area contributed by atoms with Crippen LogP contribution < -0.4 is 4.72 Å². The van der Waals surface area contributed by atoms with Crippen LogP contribution in [0.1, 0.15) is 42.4 Å². The Morgan fingerprint density at radius 3 is 2.23 bits per heavy atom. The van der Waals surface area contributed by atoms with Gasteiger partial charge in [-0.3, -0.25) is 4.79 Å². The summed E-state index contributed by atoms with van der Waals surface area (Å²) < 4.78 is 27.5. The first-order chi connectivity index (χ1) is 10.3. The Hall–Kier alpha value is -1.40. The first-order valence-electron chi connectivity index (χ1n) is 7.56. The van der Waals surface area contributed by atoms with Crippen LogP contribution in [0, 0.1) is 19.8 Å². The van der Waals surface area contributed by atoms with Crippen molar-refractivity contribution in [1.29, 1.82) is 0 Å². The van der Waals surface area contributed by atoms with E-state index in [-0.39, 0.29) is 17.7 Å². The van der Waals surface area contributed by atoms with Crippen LogP contribution in [0.2, 0.25) is 0 Å². The van der Waals surface area contributed by atoms with Gasteiger partial charge in [0, 0.05) is 6.04 Å². The summed E-state index contributed by atoms with van der Waals surface area (Å²) >= 11 is 0. The number of carboxylic acids is 1. The molecule has 1 aromatic carbocycles. The van der Waals surface area contributed by atoms with E-state index >= 15 is 0 Å². The Balaban J connectivity index is 1.99. The molecule has 0 amide bonds. The van der Waals surface area contributed by atoms with Gasteiger partial charge in [-0.2, -0.15) is 0 Å². The lowest BCUT2D eigenvalue weighted by Crippen LogP contribution is -2.39. The zero-order chi connectivity index (χ0) is 16.3. The van der Waals surface area contributed by atoms with Gasteiger partial charge in [-0.05, 0) is 56.2 Å². The quantitative estimate of drug-likeness (QED) is 0.870. The Bertz CT molecular complexity index is 626. The number of aryl methyl sites for hydroxylation is 2. The van der Waals surface area contributed by atoms with Crippen molar-refractivity contribution in [2.24, 2.45) is 5.92 Å². The summed E-state index contributed by atoms with van der Waals surface area (Å²) in [5.41, 5.74) is 2.79. The molecule has 0 spiro atoms. The lowest BCUT2D eigenvalue weighted by molar-refractivity contribution is -0.142. The number of hydrogen-bond acceptors (Lipinski definition) is 3. The van der Waals surface area contributed by atoms with Crippen molar-refractivity contribution in [3.8, 4) is 0 Å². The smallest absolute Gasteiger partial charge is 0.306 e. The van der Waals surface area contributed by atoms with Gasteiger partial charge in [0.2, 0.25) is 10.0 Å². The summed E-state index contributed by atoms with van der Waals surface area (Å²) in [6.45, 7) is 3.83. The molecule has 122 valence electrons. The van der Waals surface area contributed by atoms with Crippen LogP contribution in [0.4, 0.5) is 0 Å². The maximum Gasteiger partial charge on any atom is 0.306 e.